The monoisotopic (exact) mass is 543 g/mol. The van der Waals surface area contributed by atoms with Crippen LogP contribution >= 0.6 is 11.8 Å². The first-order valence-electron chi connectivity index (χ1n) is 13.8. The molecular formula is C36H22BNO2S. The van der Waals surface area contributed by atoms with Crippen molar-refractivity contribution in [1.29, 1.82) is 0 Å². The zero-order chi connectivity index (χ0) is 26.9. The summed E-state index contributed by atoms with van der Waals surface area (Å²) in [6.07, 6.45) is 0. The van der Waals surface area contributed by atoms with E-state index in [9.17, 15) is 0 Å². The molecule has 0 unspecified atom stereocenters. The van der Waals surface area contributed by atoms with Crippen molar-refractivity contribution in [3.8, 4) is 34.1 Å². The molecule has 0 aromatic heterocycles. The summed E-state index contributed by atoms with van der Waals surface area (Å²) in [5.41, 5.74) is 9.15. The zero-order valence-corrected chi connectivity index (χ0v) is 22.8. The molecule has 9 rings (SSSR count). The second-order valence-electron chi connectivity index (χ2n) is 10.5. The van der Waals surface area contributed by atoms with E-state index in [1.165, 1.54) is 26.4 Å². The Kier molecular flexibility index (Phi) is 4.93. The Morgan fingerprint density at radius 3 is 2.02 bits per heavy atom. The average molecular weight is 543 g/mol. The molecule has 0 saturated carbocycles. The van der Waals surface area contributed by atoms with Crippen LogP contribution in [0.5, 0.6) is 23.0 Å². The molecule has 41 heavy (non-hydrogen) atoms. The number of anilines is 3. The van der Waals surface area contributed by atoms with Crippen LogP contribution in [0.25, 0.3) is 11.1 Å². The van der Waals surface area contributed by atoms with Crippen molar-refractivity contribution in [2.75, 3.05) is 4.90 Å². The predicted molar refractivity (Wildman–Crippen MR) is 168 cm³/mol. The first kappa shape index (κ1) is 22.9. The first-order valence-corrected chi connectivity index (χ1v) is 14.6. The highest BCUT2D eigenvalue weighted by atomic mass is 32.2. The molecule has 3 aliphatic heterocycles. The van der Waals surface area contributed by atoms with Gasteiger partial charge in [0.15, 0.2) is 0 Å². The summed E-state index contributed by atoms with van der Waals surface area (Å²) in [6, 6.07) is 46.9. The van der Waals surface area contributed by atoms with Crippen LogP contribution in [0.2, 0.25) is 0 Å². The zero-order valence-electron chi connectivity index (χ0n) is 22.0. The summed E-state index contributed by atoms with van der Waals surface area (Å²) in [5.74, 6) is 3.53. The molecule has 192 valence electrons. The summed E-state index contributed by atoms with van der Waals surface area (Å²) in [4.78, 5) is 4.80. The van der Waals surface area contributed by atoms with Gasteiger partial charge in [0.05, 0.1) is 11.4 Å². The number of nitrogens with zero attached hydrogens (tertiary/aromatic N) is 1. The highest BCUT2D eigenvalue weighted by molar-refractivity contribution is 8.00. The van der Waals surface area contributed by atoms with Gasteiger partial charge < -0.3 is 14.4 Å². The largest absolute Gasteiger partial charge is 0.458 e. The Labute approximate surface area is 243 Å². The van der Waals surface area contributed by atoms with Crippen LogP contribution in [0.3, 0.4) is 0 Å². The minimum Gasteiger partial charge on any atom is -0.458 e. The molecule has 3 aliphatic rings. The SMILES string of the molecule is c1ccc(N2c3ccccc3Sc3c(-c4ccc5c6c4Oc4ccccc4B6c4ccccc4O5)cccc32)cc1. The first-order chi connectivity index (χ1) is 20.3. The van der Waals surface area contributed by atoms with Crippen LogP contribution in [-0.2, 0) is 0 Å². The average Bonchev–Trinajstić information content (AvgIpc) is 3.04. The molecule has 0 atom stereocenters. The number of para-hydroxylation sites is 4. The van der Waals surface area contributed by atoms with Gasteiger partial charge in [0.2, 0.25) is 0 Å². The molecule has 0 bridgehead atoms. The van der Waals surface area contributed by atoms with E-state index >= 15 is 0 Å². The summed E-state index contributed by atoms with van der Waals surface area (Å²) < 4.78 is 13.3. The second kappa shape index (κ2) is 8.82. The van der Waals surface area contributed by atoms with E-state index in [2.05, 4.69) is 126 Å². The van der Waals surface area contributed by atoms with Crippen molar-refractivity contribution in [3.63, 3.8) is 0 Å². The lowest BCUT2D eigenvalue weighted by Gasteiger charge is -2.36. The Balaban J connectivity index is 1.29. The minimum absolute atomic E-state index is 0.0450. The van der Waals surface area contributed by atoms with Crippen molar-refractivity contribution in [2.45, 2.75) is 9.79 Å². The predicted octanol–water partition coefficient (Wildman–Crippen LogP) is 8.02. The molecule has 0 N–H and O–H groups in total. The van der Waals surface area contributed by atoms with Gasteiger partial charge >= 0.3 is 0 Å². The van der Waals surface area contributed by atoms with E-state index in [1.54, 1.807) is 0 Å². The maximum Gasteiger partial charge on any atom is 0.260 e. The van der Waals surface area contributed by atoms with Crippen LogP contribution in [0.4, 0.5) is 17.1 Å². The van der Waals surface area contributed by atoms with E-state index < -0.39 is 0 Å². The van der Waals surface area contributed by atoms with E-state index in [0.717, 1.165) is 51.0 Å². The normalized spacial score (nSPS) is 13.6. The standard InChI is InChI=1S/C36H22BNO2S/c1-2-11-23(12-3-1)38-28-16-6-9-20-33(28)41-36-25(13-10-17-29(36)38)24-21-22-32-34-35(24)40-31-19-8-5-15-27(31)37(34)26-14-4-7-18-30(26)39-32/h1-22H. The van der Waals surface area contributed by atoms with Crippen molar-refractivity contribution in [1.82, 2.24) is 0 Å². The highest BCUT2D eigenvalue weighted by Gasteiger charge is 2.41. The summed E-state index contributed by atoms with van der Waals surface area (Å²) in [5, 5.41) is 0. The maximum atomic E-state index is 6.79. The number of ether oxygens (including phenoxy) is 2. The lowest BCUT2D eigenvalue weighted by atomic mass is 9.34. The lowest BCUT2D eigenvalue weighted by molar-refractivity contribution is 0.465. The topological polar surface area (TPSA) is 21.7 Å². The summed E-state index contributed by atoms with van der Waals surface area (Å²) in [6.45, 7) is 0.0450. The molecule has 0 radical (unpaired) electrons. The number of rotatable bonds is 2. The fourth-order valence-electron chi connectivity index (χ4n) is 6.44. The Morgan fingerprint density at radius 2 is 1.20 bits per heavy atom. The molecule has 3 heterocycles. The molecule has 3 nitrogen and oxygen atoms in total. The van der Waals surface area contributed by atoms with Crippen LogP contribution in [0.15, 0.2) is 143 Å². The van der Waals surface area contributed by atoms with E-state index in [4.69, 9.17) is 9.47 Å². The Hall–Kier alpha value is -4.87. The van der Waals surface area contributed by atoms with Gasteiger partial charge in [-0.3, -0.25) is 0 Å². The number of benzene rings is 6. The quantitative estimate of drug-likeness (QED) is 0.206. The summed E-state index contributed by atoms with van der Waals surface area (Å²) >= 11 is 1.82. The van der Waals surface area contributed by atoms with Crippen molar-refractivity contribution >= 4 is 51.9 Å². The van der Waals surface area contributed by atoms with Crippen molar-refractivity contribution in [3.05, 3.63) is 133 Å². The molecule has 0 spiro atoms. The summed E-state index contributed by atoms with van der Waals surface area (Å²) in [7, 11) is 0. The molecule has 0 saturated heterocycles. The van der Waals surface area contributed by atoms with Gasteiger partial charge in [-0.1, -0.05) is 90.6 Å². The lowest BCUT2D eigenvalue weighted by Crippen LogP contribution is -2.57. The third-order valence-electron chi connectivity index (χ3n) is 8.19. The molecule has 6 aromatic rings. The number of hydrogen-bond acceptors (Lipinski definition) is 4. The molecule has 0 fully saturated rings. The second-order valence-corrected chi connectivity index (χ2v) is 11.5. The fraction of sp³-hybridized carbons (Fsp3) is 0. The van der Waals surface area contributed by atoms with Crippen LogP contribution in [0.1, 0.15) is 0 Å². The van der Waals surface area contributed by atoms with Crippen LogP contribution in [-0.4, -0.2) is 6.71 Å². The maximum absolute atomic E-state index is 6.79. The van der Waals surface area contributed by atoms with Gasteiger partial charge in [-0.05, 0) is 65.5 Å². The van der Waals surface area contributed by atoms with Gasteiger partial charge in [-0.25, -0.2) is 0 Å². The van der Waals surface area contributed by atoms with E-state index in [1.807, 2.05) is 23.9 Å². The highest BCUT2D eigenvalue weighted by Crippen LogP contribution is 2.55. The van der Waals surface area contributed by atoms with Gasteiger partial charge in [-0.2, -0.15) is 0 Å². The number of fused-ring (bicyclic) bond motifs is 6. The third-order valence-corrected chi connectivity index (χ3v) is 9.39. The minimum atomic E-state index is 0.0450. The van der Waals surface area contributed by atoms with Crippen LogP contribution < -0.4 is 30.8 Å². The molecular weight excluding hydrogens is 521 g/mol. The van der Waals surface area contributed by atoms with Crippen LogP contribution in [0, 0.1) is 0 Å². The number of hydrogen-bond donors (Lipinski definition) is 0. The van der Waals surface area contributed by atoms with Gasteiger partial charge in [-0.15, -0.1) is 0 Å². The van der Waals surface area contributed by atoms with E-state index in [0.29, 0.717) is 0 Å². The van der Waals surface area contributed by atoms with Gasteiger partial charge in [0.1, 0.15) is 23.0 Å². The fourth-order valence-corrected chi connectivity index (χ4v) is 7.62. The third kappa shape index (κ3) is 3.36. The van der Waals surface area contributed by atoms with E-state index in [-0.39, 0.29) is 6.71 Å². The Morgan fingerprint density at radius 1 is 0.512 bits per heavy atom. The molecule has 6 aromatic carbocycles. The van der Waals surface area contributed by atoms with Crippen molar-refractivity contribution in [2.24, 2.45) is 0 Å². The smallest absolute Gasteiger partial charge is 0.260 e. The molecule has 0 amide bonds. The Bertz CT molecular complexity index is 2000. The molecule has 0 aliphatic carbocycles. The van der Waals surface area contributed by atoms with Crippen molar-refractivity contribution < 1.29 is 9.47 Å². The van der Waals surface area contributed by atoms with Gasteiger partial charge in [0.25, 0.3) is 6.71 Å². The van der Waals surface area contributed by atoms with Gasteiger partial charge in [0, 0.05) is 32.1 Å². The molecule has 5 heteroatoms.